The first-order chi connectivity index (χ1) is 5.20. The summed E-state index contributed by atoms with van der Waals surface area (Å²) in [6.07, 6.45) is 1.08. The molecular formula is C9H16N2. The van der Waals surface area contributed by atoms with E-state index in [1.165, 1.54) is 17.0 Å². The van der Waals surface area contributed by atoms with Crippen LogP contribution in [0.1, 0.15) is 30.8 Å². The Labute approximate surface area is 68.2 Å². The molecule has 0 N–H and O–H groups in total. The van der Waals surface area contributed by atoms with Crippen molar-refractivity contribution in [1.29, 1.82) is 0 Å². The molecule has 1 aromatic rings. The molecule has 1 rings (SSSR count). The number of rotatable bonds is 2. The third-order valence-electron chi connectivity index (χ3n) is 2.19. The SMILES string of the molecule is CCc1c(C)c(C)nn1CC. The van der Waals surface area contributed by atoms with Crippen LogP contribution in [0.4, 0.5) is 0 Å². The molecule has 0 aromatic carbocycles. The van der Waals surface area contributed by atoms with Crippen LogP contribution in [-0.2, 0) is 13.0 Å². The first-order valence-corrected chi connectivity index (χ1v) is 4.23. The van der Waals surface area contributed by atoms with Crippen molar-refractivity contribution < 1.29 is 0 Å². The molecule has 0 aliphatic rings. The number of hydrogen-bond acceptors (Lipinski definition) is 1. The van der Waals surface area contributed by atoms with E-state index >= 15 is 0 Å². The largest absolute Gasteiger partial charge is 0.269 e. The lowest BCUT2D eigenvalue weighted by atomic mass is 10.2. The molecule has 1 aromatic heterocycles. The van der Waals surface area contributed by atoms with Crippen LogP contribution in [0.3, 0.4) is 0 Å². The highest BCUT2D eigenvalue weighted by Gasteiger charge is 2.06. The van der Waals surface area contributed by atoms with Gasteiger partial charge in [0.15, 0.2) is 0 Å². The Hall–Kier alpha value is -0.790. The summed E-state index contributed by atoms with van der Waals surface area (Å²) in [5.41, 5.74) is 3.91. The summed E-state index contributed by atoms with van der Waals surface area (Å²) in [7, 11) is 0. The van der Waals surface area contributed by atoms with Gasteiger partial charge in [-0.15, -0.1) is 0 Å². The molecule has 0 saturated carbocycles. The van der Waals surface area contributed by atoms with E-state index in [-0.39, 0.29) is 0 Å². The molecule has 62 valence electrons. The van der Waals surface area contributed by atoms with Crippen molar-refractivity contribution >= 4 is 0 Å². The van der Waals surface area contributed by atoms with Crippen molar-refractivity contribution in [2.75, 3.05) is 0 Å². The van der Waals surface area contributed by atoms with E-state index in [1.54, 1.807) is 0 Å². The lowest BCUT2D eigenvalue weighted by Gasteiger charge is -2.01. The molecule has 0 amide bonds. The van der Waals surface area contributed by atoms with E-state index in [9.17, 15) is 0 Å². The lowest BCUT2D eigenvalue weighted by Crippen LogP contribution is -2.01. The molecule has 2 nitrogen and oxygen atoms in total. The highest BCUT2D eigenvalue weighted by atomic mass is 15.3. The van der Waals surface area contributed by atoms with Crippen LogP contribution < -0.4 is 0 Å². The minimum Gasteiger partial charge on any atom is -0.269 e. The summed E-state index contributed by atoms with van der Waals surface area (Å²) in [5, 5.41) is 4.42. The standard InChI is InChI=1S/C9H16N2/c1-5-9-7(3)8(4)10-11(9)6-2/h5-6H2,1-4H3. The zero-order chi connectivity index (χ0) is 8.43. The maximum Gasteiger partial charge on any atom is 0.0625 e. The normalized spacial score (nSPS) is 10.5. The van der Waals surface area contributed by atoms with Gasteiger partial charge >= 0.3 is 0 Å². The van der Waals surface area contributed by atoms with Crippen LogP contribution in [0.2, 0.25) is 0 Å². The van der Waals surface area contributed by atoms with Crippen LogP contribution in [0.15, 0.2) is 0 Å². The van der Waals surface area contributed by atoms with Gasteiger partial charge in [-0.2, -0.15) is 5.10 Å². The maximum absolute atomic E-state index is 4.42. The molecular weight excluding hydrogens is 136 g/mol. The monoisotopic (exact) mass is 152 g/mol. The first kappa shape index (κ1) is 8.31. The fourth-order valence-corrected chi connectivity index (χ4v) is 1.43. The van der Waals surface area contributed by atoms with Crippen molar-refractivity contribution in [1.82, 2.24) is 9.78 Å². The van der Waals surface area contributed by atoms with Crippen molar-refractivity contribution in [3.05, 3.63) is 17.0 Å². The number of nitrogens with zero attached hydrogens (tertiary/aromatic N) is 2. The molecule has 0 aliphatic heterocycles. The zero-order valence-corrected chi connectivity index (χ0v) is 7.81. The van der Waals surface area contributed by atoms with Gasteiger partial charge in [-0.25, -0.2) is 0 Å². The van der Waals surface area contributed by atoms with Gasteiger partial charge in [-0.05, 0) is 32.8 Å². The lowest BCUT2D eigenvalue weighted by molar-refractivity contribution is 0.620. The molecule has 0 saturated heterocycles. The molecule has 11 heavy (non-hydrogen) atoms. The molecule has 0 bridgehead atoms. The predicted octanol–water partition coefficient (Wildman–Crippen LogP) is 2.08. The molecule has 0 spiro atoms. The van der Waals surface area contributed by atoms with Gasteiger partial charge in [-0.1, -0.05) is 6.92 Å². The highest BCUT2D eigenvalue weighted by molar-refractivity contribution is 5.23. The minimum absolute atomic E-state index is 0.984. The van der Waals surface area contributed by atoms with Gasteiger partial charge in [0.25, 0.3) is 0 Å². The summed E-state index contributed by atoms with van der Waals surface area (Å²) in [6, 6.07) is 0. The van der Waals surface area contributed by atoms with Crippen molar-refractivity contribution in [3.8, 4) is 0 Å². The third-order valence-corrected chi connectivity index (χ3v) is 2.19. The molecule has 0 radical (unpaired) electrons. The highest BCUT2D eigenvalue weighted by Crippen LogP contribution is 2.12. The van der Waals surface area contributed by atoms with Gasteiger partial charge < -0.3 is 0 Å². The maximum atomic E-state index is 4.42. The van der Waals surface area contributed by atoms with Gasteiger partial charge in [0.05, 0.1) is 5.69 Å². The Bertz CT molecular complexity index is 248. The third kappa shape index (κ3) is 1.30. The summed E-state index contributed by atoms with van der Waals surface area (Å²) in [5.74, 6) is 0. The van der Waals surface area contributed by atoms with Crippen LogP contribution in [0.5, 0.6) is 0 Å². The Balaban J connectivity index is 3.15. The van der Waals surface area contributed by atoms with E-state index < -0.39 is 0 Å². The fraction of sp³-hybridized carbons (Fsp3) is 0.667. The summed E-state index contributed by atoms with van der Waals surface area (Å²) in [4.78, 5) is 0. The average molecular weight is 152 g/mol. The van der Waals surface area contributed by atoms with Gasteiger partial charge in [-0.3, -0.25) is 4.68 Å². The van der Waals surface area contributed by atoms with Crippen molar-refractivity contribution in [2.24, 2.45) is 0 Å². The van der Waals surface area contributed by atoms with Crippen LogP contribution in [0, 0.1) is 13.8 Å². The molecule has 0 unspecified atom stereocenters. The quantitative estimate of drug-likeness (QED) is 0.634. The number of hydrogen-bond donors (Lipinski definition) is 0. The Kier molecular flexibility index (Phi) is 2.32. The summed E-state index contributed by atoms with van der Waals surface area (Å²) in [6.45, 7) is 9.51. The van der Waals surface area contributed by atoms with E-state index in [4.69, 9.17) is 0 Å². The second-order valence-electron chi connectivity index (χ2n) is 2.83. The van der Waals surface area contributed by atoms with E-state index in [2.05, 4.69) is 37.5 Å². The van der Waals surface area contributed by atoms with Crippen molar-refractivity contribution in [3.63, 3.8) is 0 Å². The second kappa shape index (κ2) is 3.07. The summed E-state index contributed by atoms with van der Waals surface area (Å²) < 4.78 is 2.09. The second-order valence-corrected chi connectivity index (χ2v) is 2.83. The van der Waals surface area contributed by atoms with Gasteiger partial charge in [0.1, 0.15) is 0 Å². The topological polar surface area (TPSA) is 17.8 Å². The van der Waals surface area contributed by atoms with Gasteiger partial charge in [0, 0.05) is 12.2 Å². The molecule has 2 heteroatoms. The summed E-state index contributed by atoms with van der Waals surface area (Å²) >= 11 is 0. The number of aryl methyl sites for hydroxylation is 2. The van der Waals surface area contributed by atoms with Crippen LogP contribution in [-0.4, -0.2) is 9.78 Å². The zero-order valence-electron chi connectivity index (χ0n) is 7.81. The molecule has 0 fully saturated rings. The molecule has 0 atom stereocenters. The van der Waals surface area contributed by atoms with Crippen molar-refractivity contribution in [2.45, 2.75) is 40.7 Å². The molecule has 1 heterocycles. The fourth-order valence-electron chi connectivity index (χ4n) is 1.43. The molecule has 0 aliphatic carbocycles. The number of aromatic nitrogens is 2. The average Bonchev–Trinajstić information content (AvgIpc) is 2.28. The Morgan fingerprint density at radius 1 is 1.27 bits per heavy atom. The Morgan fingerprint density at radius 2 is 1.91 bits per heavy atom. The van der Waals surface area contributed by atoms with E-state index in [0.717, 1.165) is 13.0 Å². The predicted molar refractivity (Wildman–Crippen MR) is 46.8 cm³/mol. The van der Waals surface area contributed by atoms with Crippen LogP contribution in [0.25, 0.3) is 0 Å². The first-order valence-electron chi connectivity index (χ1n) is 4.23. The minimum atomic E-state index is 0.984. The Morgan fingerprint density at radius 3 is 2.27 bits per heavy atom. The van der Waals surface area contributed by atoms with Gasteiger partial charge in [0.2, 0.25) is 0 Å². The van der Waals surface area contributed by atoms with E-state index in [1.807, 2.05) is 0 Å². The smallest absolute Gasteiger partial charge is 0.0625 e. The van der Waals surface area contributed by atoms with E-state index in [0.29, 0.717) is 0 Å². The van der Waals surface area contributed by atoms with Crippen LogP contribution >= 0.6 is 0 Å².